The lowest BCUT2D eigenvalue weighted by atomic mass is 9.76. The third-order valence-electron chi connectivity index (χ3n) is 4.20. The molecular formula is C16H33N. The third kappa shape index (κ3) is 6.45. The summed E-state index contributed by atoms with van der Waals surface area (Å²) in [4.78, 5) is 0. The molecule has 0 spiro atoms. The highest BCUT2D eigenvalue weighted by Crippen LogP contribution is 2.33. The van der Waals surface area contributed by atoms with Crippen molar-refractivity contribution in [3.8, 4) is 0 Å². The van der Waals surface area contributed by atoms with E-state index in [9.17, 15) is 0 Å². The lowest BCUT2D eigenvalue weighted by molar-refractivity contribution is 0.211. The maximum Gasteiger partial charge on any atom is -0.00178 e. The molecule has 1 nitrogen and oxygen atoms in total. The van der Waals surface area contributed by atoms with Crippen LogP contribution < -0.4 is 5.32 Å². The highest BCUT2D eigenvalue weighted by atomic mass is 14.9. The summed E-state index contributed by atoms with van der Waals surface area (Å²) in [6.07, 6.45) is 11.7. The van der Waals surface area contributed by atoms with E-state index in [1.807, 2.05) is 0 Å². The van der Waals surface area contributed by atoms with Crippen LogP contribution in [0.4, 0.5) is 0 Å². The minimum absolute atomic E-state index is 0.789. The van der Waals surface area contributed by atoms with Crippen LogP contribution in [0.25, 0.3) is 0 Å². The van der Waals surface area contributed by atoms with Crippen LogP contribution in [0, 0.1) is 17.8 Å². The van der Waals surface area contributed by atoms with Crippen molar-refractivity contribution >= 4 is 0 Å². The van der Waals surface area contributed by atoms with Gasteiger partial charge in [0.05, 0.1) is 0 Å². The largest absolute Gasteiger partial charge is 0.316 e. The molecular weight excluding hydrogens is 206 g/mol. The van der Waals surface area contributed by atoms with Crippen molar-refractivity contribution in [2.45, 2.75) is 72.1 Å². The quantitative estimate of drug-likeness (QED) is 0.610. The lowest BCUT2D eigenvalue weighted by Crippen LogP contribution is -2.32. The molecule has 0 saturated heterocycles. The molecule has 0 aliphatic heterocycles. The van der Waals surface area contributed by atoms with Crippen LogP contribution in [0.2, 0.25) is 0 Å². The Bertz CT molecular complexity index is 176. The van der Waals surface area contributed by atoms with E-state index < -0.39 is 0 Å². The predicted molar refractivity (Wildman–Crippen MR) is 77.3 cm³/mol. The van der Waals surface area contributed by atoms with Crippen molar-refractivity contribution in [2.75, 3.05) is 13.1 Å². The minimum atomic E-state index is 0.789. The smallest absolute Gasteiger partial charge is 0.00178 e. The summed E-state index contributed by atoms with van der Waals surface area (Å²) in [6, 6.07) is 0. The highest BCUT2D eigenvalue weighted by molar-refractivity contribution is 4.77. The number of hydrogen-bond donors (Lipinski definition) is 1. The molecule has 0 amide bonds. The summed E-state index contributed by atoms with van der Waals surface area (Å²) >= 11 is 0. The summed E-state index contributed by atoms with van der Waals surface area (Å²) in [7, 11) is 0. The fourth-order valence-corrected chi connectivity index (χ4v) is 3.15. The summed E-state index contributed by atoms with van der Waals surface area (Å²) < 4.78 is 0. The normalized spacial score (nSPS) is 25.4. The topological polar surface area (TPSA) is 12.0 Å². The van der Waals surface area contributed by atoms with Gasteiger partial charge in [0.1, 0.15) is 0 Å². The Morgan fingerprint density at radius 3 is 2.41 bits per heavy atom. The second kappa shape index (κ2) is 8.97. The maximum absolute atomic E-state index is 3.67. The molecule has 0 aromatic carbocycles. The molecule has 102 valence electrons. The van der Waals surface area contributed by atoms with Crippen molar-refractivity contribution in [1.29, 1.82) is 0 Å². The molecule has 0 aromatic heterocycles. The first-order valence-electron chi connectivity index (χ1n) is 7.94. The second-order valence-corrected chi connectivity index (χ2v) is 6.35. The lowest BCUT2D eigenvalue weighted by Gasteiger charge is -2.32. The van der Waals surface area contributed by atoms with Gasteiger partial charge in [0, 0.05) is 0 Å². The molecule has 0 bridgehead atoms. The van der Waals surface area contributed by atoms with Crippen LogP contribution in [-0.2, 0) is 0 Å². The van der Waals surface area contributed by atoms with E-state index in [1.54, 1.807) is 0 Å². The third-order valence-corrected chi connectivity index (χ3v) is 4.20. The number of nitrogens with one attached hydrogen (secondary N) is 1. The van der Waals surface area contributed by atoms with Crippen LogP contribution in [0.5, 0.6) is 0 Å². The molecule has 2 atom stereocenters. The first-order valence-corrected chi connectivity index (χ1v) is 7.94. The van der Waals surface area contributed by atoms with E-state index in [4.69, 9.17) is 0 Å². The van der Waals surface area contributed by atoms with Crippen molar-refractivity contribution in [3.05, 3.63) is 0 Å². The molecule has 1 fully saturated rings. The van der Waals surface area contributed by atoms with Gasteiger partial charge in [-0.3, -0.25) is 0 Å². The van der Waals surface area contributed by atoms with E-state index in [2.05, 4.69) is 26.1 Å². The molecule has 0 heterocycles. The molecule has 0 aromatic rings. The van der Waals surface area contributed by atoms with Crippen LogP contribution in [0.3, 0.4) is 0 Å². The van der Waals surface area contributed by atoms with E-state index in [0.29, 0.717) is 0 Å². The van der Waals surface area contributed by atoms with Gasteiger partial charge in [0.15, 0.2) is 0 Å². The molecule has 1 aliphatic carbocycles. The zero-order valence-electron chi connectivity index (χ0n) is 12.3. The maximum atomic E-state index is 3.67. The molecule has 1 N–H and O–H groups in total. The van der Waals surface area contributed by atoms with E-state index in [0.717, 1.165) is 17.8 Å². The summed E-state index contributed by atoms with van der Waals surface area (Å²) in [5.41, 5.74) is 0. The fraction of sp³-hybridized carbons (Fsp3) is 1.00. The zero-order chi connectivity index (χ0) is 12.5. The van der Waals surface area contributed by atoms with Gasteiger partial charge in [-0.2, -0.15) is 0 Å². The molecule has 17 heavy (non-hydrogen) atoms. The van der Waals surface area contributed by atoms with Crippen LogP contribution in [-0.4, -0.2) is 13.1 Å². The van der Waals surface area contributed by atoms with E-state index in [-0.39, 0.29) is 0 Å². The predicted octanol–water partition coefficient (Wildman–Crippen LogP) is 4.62. The van der Waals surface area contributed by atoms with Crippen LogP contribution in [0.15, 0.2) is 0 Å². The van der Waals surface area contributed by atoms with Crippen molar-refractivity contribution in [1.82, 2.24) is 5.32 Å². The van der Waals surface area contributed by atoms with Gasteiger partial charge < -0.3 is 5.32 Å². The van der Waals surface area contributed by atoms with Crippen LogP contribution >= 0.6 is 0 Å². The monoisotopic (exact) mass is 239 g/mol. The van der Waals surface area contributed by atoms with Gasteiger partial charge in [0.25, 0.3) is 0 Å². The number of unbranched alkanes of at least 4 members (excludes halogenated alkanes) is 2. The van der Waals surface area contributed by atoms with Crippen molar-refractivity contribution in [3.63, 3.8) is 0 Å². The second-order valence-electron chi connectivity index (χ2n) is 6.35. The molecule has 1 aliphatic rings. The highest BCUT2D eigenvalue weighted by Gasteiger charge is 2.24. The molecule has 1 saturated carbocycles. The SMILES string of the molecule is CCCCCC1CCCCC1CNCC(C)C. The Balaban J connectivity index is 2.22. The van der Waals surface area contributed by atoms with Crippen molar-refractivity contribution < 1.29 is 0 Å². The number of hydrogen-bond acceptors (Lipinski definition) is 1. The van der Waals surface area contributed by atoms with Gasteiger partial charge in [-0.05, 0) is 37.3 Å². The van der Waals surface area contributed by atoms with Gasteiger partial charge in [-0.25, -0.2) is 0 Å². The van der Waals surface area contributed by atoms with Gasteiger partial charge in [-0.1, -0.05) is 65.7 Å². The summed E-state index contributed by atoms with van der Waals surface area (Å²) in [6.45, 7) is 9.37. The molecule has 0 radical (unpaired) electrons. The first kappa shape index (κ1) is 15.0. The first-order chi connectivity index (χ1) is 8.24. The molecule has 1 heteroatoms. The molecule has 2 unspecified atom stereocenters. The Labute approximate surface area is 109 Å². The summed E-state index contributed by atoms with van der Waals surface area (Å²) in [5.74, 6) is 2.78. The fourth-order valence-electron chi connectivity index (χ4n) is 3.15. The van der Waals surface area contributed by atoms with Gasteiger partial charge in [-0.15, -0.1) is 0 Å². The average molecular weight is 239 g/mol. The standard InChI is InChI=1S/C16H33N/c1-4-5-6-9-15-10-7-8-11-16(15)13-17-12-14(2)3/h14-17H,4-13H2,1-3H3. The number of rotatable bonds is 8. The Morgan fingerprint density at radius 1 is 1.06 bits per heavy atom. The van der Waals surface area contributed by atoms with E-state index in [1.165, 1.54) is 64.5 Å². The van der Waals surface area contributed by atoms with Gasteiger partial charge >= 0.3 is 0 Å². The minimum Gasteiger partial charge on any atom is -0.316 e. The Kier molecular flexibility index (Phi) is 7.92. The average Bonchev–Trinajstić information content (AvgIpc) is 2.31. The van der Waals surface area contributed by atoms with Crippen LogP contribution in [0.1, 0.15) is 72.1 Å². The van der Waals surface area contributed by atoms with Crippen molar-refractivity contribution in [2.24, 2.45) is 17.8 Å². The zero-order valence-corrected chi connectivity index (χ0v) is 12.3. The Morgan fingerprint density at radius 2 is 1.76 bits per heavy atom. The van der Waals surface area contributed by atoms with E-state index >= 15 is 0 Å². The molecule has 1 rings (SSSR count). The van der Waals surface area contributed by atoms with Gasteiger partial charge in [0.2, 0.25) is 0 Å². The summed E-state index contributed by atoms with van der Waals surface area (Å²) in [5, 5.41) is 3.67. The Hall–Kier alpha value is -0.0400.